The molecule has 0 saturated carbocycles. The number of benzene rings is 1. The van der Waals surface area contributed by atoms with Crippen LogP contribution in [0.15, 0.2) is 39.7 Å². The number of aryl methyl sites for hydroxylation is 1. The van der Waals surface area contributed by atoms with Crippen LogP contribution < -0.4 is 5.43 Å². The lowest BCUT2D eigenvalue weighted by molar-refractivity contribution is 0.477. The van der Waals surface area contributed by atoms with Gasteiger partial charge in [0.2, 0.25) is 11.1 Å². The molecular formula is C12H9NO3. The third-order valence-electron chi connectivity index (χ3n) is 2.79. The van der Waals surface area contributed by atoms with Crippen LogP contribution in [0, 0.1) is 0 Å². The van der Waals surface area contributed by atoms with Gasteiger partial charge in [-0.1, -0.05) is 6.07 Å². The van der Waals surface area contributed by atoms with Crippen molar-refractivity contribution in [3.8, 4) is 5.75 Å². The Bertz CT molecular complexity index is 752. The Morgan fingerprint density at radius 3 is 2.88 bits per heavy atom. The fraction of sp³-hybridized carbons (Fsp3) is 0.0833. The van der Waals surface area contributed by atoms with E-state index in [-0.39, 0.29) is 11.2 Å². The summed E-state index contributed by atoms with van der Waals surface area (Å²) in [5, 5.41) is 10.8. The van der Waals surface area contributed by atoms with Gasteiger partial charge < -0.3 is 14.1 Å². The van der Waals surface area contributed by atoms with E-state index in [1.807, 2.05) is 0 Å². The topological polar surface area (TPSA) is 55.4 Å². The molecule has 0 amide bonds. The Labute approximate surface area is 90.3 Å². The van der Waals surface area contributed by atoms with E-state index in [4.69, 9.17) is 4.42 Å². The van der Waals surface area contributed by atoms with Crippen LogP contribution in [-0.4, -0.2) is 9.67 Å². The molecular weight excluding hydrogens is 206 g/mol. The van der Waals surface area contributed by atoms with Gasteiger partial charge in [0.15, 0.2) is 0 Å². The molecule has 1 N–H and O–H groups in total. The van der Waals surface area contributed by atoms with E-state index in [0.29, 0.717) is 22.0 Å². The Hall–Kier alpha value is -2.23. The highest BCUT2D eigenvalue weighted by atomic mass is 16.3. The molecule has 0 bridgehead atoms. The Morgan fingerprint density at radius 2 is 2.06 bits per heavy atom. The summed E-state index contributed by atoms with van der Waals surface area (Å²) in [6, 6.07) is 6.55. The second-order valence-electron chi connectivity index (χ2n) is 3.70. The van der Waals surface area contributed by atoms with Crippen molar-refractivity contribution in [2.45, 2.75) is 0 Å². The standard InChI is InChI=1S/C12H9NO3/c1-13-10-7(3-2-4-9(10)14)11(15)8-5-6-16-12(8)13/h2-6,14H,1H3. The van der Waals surface area contributed by atoms with Gasteiger partial charge in [0.05, 0.1) is 22.6 Å². The van der Waals surface area contributed by atoms with Crippen LogP contribution >= 0.6 is 0 Å². The number of pyridine rings is 1. The summed E-state index contributed by atoms with van der Waals surface area (Å²) in [4.78, 5) is 12.1. The summed E-state index contributed by atoms with van der Waals surface area (Å²) in [7, 11) is 1.76. The number of fused-ring (bicyclic) bond motifs is 2. The molecule has 0 radical (unpaired) electrons. The van der Waals surface area contributed by atoms with Crippen LogP contribution in [0.4, 0.5) is 0 Å². The van der Waals surface area contributed by atoms with E-state index in [2.05, 4.69) is 0 Å². The molecule has 4 heteroatoms. The van der Waals surface area contributed by atoms with Crippen LogP contribution in [0.3, 0.4) is 0 Å². The molecule has 0 fully saturated rings. The van der Waals surface area contributed by atoms with Gasteiger partial charge in [-0.15, -0.1) is 0 Å². The third kappa shape index (κ3) is 0.957. The summed E-state index contributed by atoms with van der Waals surface area (Å²) in [5.74, 6) is 0.0791. The zero-order valence-corrected chi connectivity index (χ0v) is 8.60. The first kappa shape index (κ1) is 9.03. The molecule has 3 aromatic rings. The van der Waals surface area contributed by atoms with Crippen molar-refractivity contribution in [2.75, 3.05) is 0 Å². The van der Waals surface area contributed by atoms with E-state index >= 15 is 0 Å². The van der Waals surface area contributed by atoms with Crippen LogP contribution in [0.25, 0.3) is 22.0 Å². The fourth-order valence-electron chi connectivity index (χ4n) is 2.05. The quantitative estimate of drug-likeness (QED) is 0.624. The zero-order chi connectivity index (χ0) is 11.3. The maximum atomic E-state index is 12.1. The van der Waals surface area contributed by atoms with Gasteiger partial charge in [0.25, 0.3) is 0 Å². The van der Waals surface area contributed by atoms with Gasteiger partial charge in [0, 0.05) is 7.05 Å². The number of aromatic hydroxyl groups is 1. The zero-order valence-electron chi connectivity index (χ0n) is 8.60. The first-order valence-electron chi connectivity index (χ1n) is 4.88. The number of aromatic nitrogens is 1. The number of hydrogen-bond acceptors (Lipinski definition) is 3. The van der Waals surface area contributed by atoms with Gasteiger partial charge in [-0.05, 0) is 18.2 Å². The summed E-state index contributed by atoms with van der Waals surface area (Å²) in [6.07, 6.45) is 1.47. The number of phenolic OH excluding ortho intramolecular Hbond substituents is 1. The van der Waals surface area contributed by atoms with Crippen LogP contribution in [0.1, 0.15) is 0 Å². The molecule has 2 aromatic heterocycles. The van der Waals surface area contributed by atoms with Gasteiger partial charge in [-0.25, -0.2) is 0 Å². The second kappa shape index (κ2) is 2.88. The lowest BCUT2D eigenvalue weighted by Gasteiger charge is -2.07. The molecule has 4 nitrogen and oxygen atoms in total. The van der Waals surface area contributed by atoms with Crippen LogP contribution in [-0.2, 0) is 7.05 Å². The van der Waals surface area contributed by atoms with Crippen molar-refractivity contribution in [3.05, 3.63) is 40.8 Å². The minimum absolute atomic E-state index is 0.0791. The highest BCUT2D eigenvalue weighted by Gasteiger charge is 2.12. The van der Waals surface area contributed by atoms with Gasteiger partial charge in [-0.2, -0.15) is 0 Å². The van der Waals surface area contributed by atoms with Crippen molar-refractivity contribution >= 4 is 22.0 Å². The van der Waals surface area contributed by atoms with E-state index < -0.39 is 0 Å². The van der Waals surface area contributed by atoms with Crippen molar-refractivity contribution in [3.63, 3.8) is 0 Å². The number of rotatable bonds is 0. The average Bonchev–Trinajstić information content (AvgIpc) is 2.75. The monoisotopic (exact) mass is 215 g/mol. The highest BCUT2D eigenvalue weighted by molar-refractivity contribution is 5.94. The normalized spacial score (nSPS) is 11.3. The lowest BCUT2D eigenvalue weighted by Crippen LogP contribution is -2.07. The number of para-hydroxylation sites is 1. The summed E-state index contributed by atoms with van der Waals surface area (Å²) in [6.45, 7) is 0. The van der Waals surface area contributed by atoms with E-state index in [1.54, 1.807) is 35.9 Å². The van der Waals surface area contributed by atoms with Gasteiger partial charge in [0.1, 0.15) is 5.75 Å². The van der Waals surface area contributed by atoms with E-state index in [0.717, 1.165) is 0 Å². The molecule has 1 aromatic carbocycles. The largest absolute Gasteiger partial charge is 0.506 e. The molecule has 0 saturated heterocycles. The number of hydrogen-bond donors (Lipinski definition) is 1. The Morgan fingerprint density at radius 1 is 1.25 bits per heavy atom. The Balaban J connectivity index is 2.76. The number of phenols is 1. The maximum Gasteiger partial charge on any atom is 0.210 e. The second-order valence-corrected chi connectivity index (χ2v) is 3.70. The number of furan rings is 1. The third-order valence-corrected chi connectivity index (χ3v) is 2.79. The van der Waals surface area contributed by atoms with E-state index in [9.17, 15) is 9.90 Å². The lowest BCUT2D eigenvalue weighted by atomic mass is 10.1. The predicted octanol–water partition coefficient (Wildman–Crippen LogP) is 1.99. The van der Waals surface area contributed by atoms with Crippen molar-refractivity contribution in [1.82, 2.24) is 4.57 Å². The summed E-state index contributed by atoms with van der Waals surface area (Å²) < 4.78 is 6.93. The fourth-order valence-corrected chi connectivity index (χ4v) is 2.05. The highest BCUT2D eigenvalue weighted by Crippen LogP contribution is 2.25. The van der Waals surface area contributed by atoms with Gasteiger partial charge in [-0.3, -0.25) is 4.79 Å². The molecule has 0 spiro atoms. The molecule has 2 heterocycles. The molecule has 0 aliphatic rings. The van der Waals surface area contributed by atoms with E-state index in [1.165, 1.54) is 6.26 Å². The summed E-state index contributed by atoms with van der Waals surface area (Å²) >= 11 is 0. The molecule has 3 rings (SSSR count). The predicted molar refractivity (Wildman–Crippen MR) is 60.6 cm³/mol. The Kier molecular flexibility index (Phi) is 1.63. The molecule has 16 heavy (non-hydrogen) atoms. The number of nitrogens with zero attached hydrogens (tertiary/aromatic N) is 1. The van der Waals surface area contributed by atoms with Crippen LogP contribution in [0.5, 0.6) is 5.75 Å². The molecule has 0 unspecified atom stereocenters. The van der Waals surface area contributed by atoms with Crippen molar-refractivity contribution < 1.29 is 9.52 Å². The molecule has 80 valence electrons. The van der Waals surface area contributed by atoms with Crippen molar-refractivity contribution in [1.29, 1.82) is 0 Å². The average molecular weight is 215 g/mol. The SMILES string of the molecule is Cn1c2occc2c(=O)c2cccc(O)c21. The molecule has 0 aliphatic carbocycles. The molecule has 0 aliphatic heterocycles. The summed E-state index contributed by atoms with van der Waals surface area (Å²) in [5.41, 5.74) is 0.849. The smallest absolute Gasteiger partial charge is 0.210 e. The molecule has 0 atom stereocenters. The maximum absolute atomic E-state index is 12.1. The van der Waals surface area contributed by atoms with Crippen molar-refractivity contribution in [2.24, 2.45) is 7.05 Å². The van der Waals surface area contributed by atoms with Crippen LogP contribution in [0.2, 0.25) is 0 Å². The first-order valence-corrected chi connectivity index (χ1v) is 4.88. The first-order chi connectivity index (χ1) is 7.70. The van der Waals surface area contributed by atoms with Gasteiger partial charge >= 0.3 is 0 Å². The minimum atomic E-state index is -0.118. The minimum Gasteiger partial charge on any atom is -0.506 e.